The van der Waals surface area contributed by atoms with Crippen LogP contribution in [0.2, 0.25) is 0 Å². The lowest BCUT2D eigenvalue weighted by atomic mass is 10.1. The second-order valence-electron chi connectivity index (χ2n) is 4.12. The highest BCUT2D eigenvalue weighted by Crippen LogP contribution is 2.16. The van der Waals surface area contributed by atoms with Gasteiger partial charge in [0, 0.05) is 0 Å². The highest BCUT2D eigenvalue weighted by atomic mass is 32.2. The zero-order valence-corrected chi connectivity index (χ0v) is 11.3. The van der Waals surface area contributed by atoms with Gasteiger partial charge in [0.25, 0.3) is 0 Å². The molecule has 0 aliphatic rings. The molecule has 0 saturated carbocycles. The van der Waals surface area contributed by atoms with E-state index in [1.54, 1.807) is 13.2 Å². The number of nitrogens with two attached hydrogens (primary N) is 1. The Morgan fingerprint density at radius 2 is 2.00 bits per heavy atom. The lowest BCUT2D eigenvalue weighted by Gasteiger charge is -2.12. The van der Waals surface area contributed by atoms with Crippen molar-refractivity contribution >= 4 is 10.0 Å². The van der Waals surface area contributed by atoms with E-state index in [4.69, 9.17) is 9.88 Å². The van der Waals surface area contributed by atoms with Crippen LogP contribution in [0.5, 0.6) is 5.75 Å². The van der Waals surface area contributed by atoms with Crippen LogP contribution in [0.25, 0.3) is 0 Å². The molecule has 1 aromatic carbocycles. The van der Waals surface area contributed by atoms with Crippen molar-refractivity contribution in [2.45, 2.75) is 24.5 Å². The van der Waals surface area contributed by atoms with Crippen LogP contribution >= 0.6 is 0 Å². The van der Waals surface area contributed by atoms with Crippen LogP contribution in [0.15, 0.2) is 36.9 Å². The minimum atomic E-state index is -3.51. The fourth-order valence-corrected chi connectivity index (χ4v) is 2.57. The Kier molecular flexibility index (Phi) is 5.37. The third-order valence-electron chi connectivity index (χ3n) is 2.81. The Bertz CT molecular complexity index is 479. The van der Waals surface area contributed by atoms with E-state index in [1.807, 2.05) is 24.3 Å². The topological polar surface area (TPSA) is 69.4 Å². The summed E-state index contributed by atoms with van der Waals surface area (Å²) in [7, 11) is -1.90. The molecule has 0 aromatic heterocycles. The maximum atomic E-state index is 11.4. The molecule has 2 N–H and O–H groups in total. The summed E-state index contributed by atoms with van der Waals surface area (Å²) in [5, 5.41) is 4.62. The molecule has 0 fully saturated rings. The van der Waals surface area contributed by atoms with Crippen molar-refractivity contribution in [3.8, 4) is 5.75 Å². The summed E-state index contributed by atoms with van der Waals surface area (Å²) in [4.78, 5) is 0. The average Bonchev–Trinajstić information content (AvgIpc) is 2.33. The van der Waals surface area contributed by atoms with Crippen LogP contribution in [-0.4, -0.2) is 20.8 Å². The molecule has 0 heterocycles. The number of methoxy groups -OCH3 is 1. The largest absolute Gasteiger partial charge is 0.497 e. The Balaban J connectivity index is 2.64. The van der Waals surface area contributed by atoms with E-state index >= 15 is 0 Å². The molecule has 4 nitrogen and oxygen atoms in total. The number of ether oxygens (including phenoxy) is 1. The summed E-state index contributed by atoms with van der Waals surface area (Å²) in [6.07, 6.45) is 3.13. The monoisotopic (exact) mass is 269 g/mol. The number of hydrogen-bond donors (Lipinski definition) is 1. The average molecular weight is 269 g/mol. The van der Waals surface area contributed by atoms with Crippen molar-refractivity contribution in [2.24, 2.45) is 5.14 Å². The molecule has 0 aliphatic heterocycles. The van der Waals surface area contributed by atoms with Gasteiger partial charge in [-0.15, -0.1) is 6.58 Å². The molecule has 0 spiro atoms. The van der Waals surface area contributed by atoms with Gasteiger partial charge in [0.15, 0.2) is 0 Å². The molecule has 0 aliphatic carbocycles. The summed E-state index contributed by atoms with van der Waals surface area (Å²) in [6.45, 7) is 3.56. The van der Waals surface area contributed by atoms with Gasteiger partial charge in [-0.1, -0.05) is 18.2 Å². The quantitative estimate of drug-likeness (QED) is 0.768. The van der Waals surface area contributed by atoms with Crippen LogP contribution in [0.1, 0.15) is 18.4 Å². The summed E-state index contributed by atoms with van der Waals surface area (Å²) < 4.78 is 27.8. The molecule has 1 aromatic rings. The molecule has 1 unspecified atom stereocenters. The van der Waals surface area contributed by atoms with E-state index in [2.05, 4.69) is 6.58 Å². The first-order valence-corrected chi connectivity index (χ1v) is 7.33. The second kappa shape index (κ2) is 6.56. The van der Waals surface area contributed by atoms with Crippen LogP contribution in [-0.2, 0) is 16.4 Å². The highest BCUT2D eigenvalue weighted by molar-refractivity contribution is 7.89. The minimum Gasteiger partial charge on any atom is -0.497 e. The van der Waals surface area contributed by atoms with Crippen molar-refractivity contribution in [2.75, 3.05) is 7.11 Å². The number of benzene rings is 1. The standard InChI is InChI=1S/C13H19NO3S/c1-3-4-13(18(14,15)16)10-7-11-5-8-12(17-2)9-6-11/h3,5-6,8-9,13H,1,4,7,10H2,2H3,(H2,14,15,16). The van der Waals surface area contributed by atoms with Crippen molar-refractivity contribution < 1.29 is 13.2 Å². The van der Waals surface area contributed by atoms with Gasteiger partial charge in [0.2, 0.25) is 10.0 Å². The maximum absolute atomic E-state index is 11.4. The molecule has 1 atom stereocenters. The predicted molar refractivity (Wildman–Crippen MR) is 73.0 cm³/mol. The number of sulfonamides is 1. The van der Waals surface area contributed by atoms with Gasteiger partial charge in [-0.25, -0.2) is 13.6 Å². The van der Waals surface area contributed by atoms with Crippen molar-refractivity contribution in [3.05, 3.63) is 42.5 Å². The molecular formula is C13H19NO3S. The minimum absolute atomic E-state index is 0.384. The first-order valence-electron chi connectivity index (χ1n) is 5.73. The first-order chi connectivity index (χ1) is 8.47. The van der Waals surface area contributed by atoms with Crippen molar-refractivity contribution in [1.82, 2.24) is 0 Å². The molecule has 5 heteroatoms. The van der Waals surface area contributed by atoms with Gasteiger partial charge >= 0.3 is 0 Å². The Morgan fingerprint density at radius 1 is 1.39 bits per heavy atom. The van der Waals surface area contributed by atoms with Crippen LogP contribution in [0.3, 0.4) is 0 Å². The van der Waals surface area contributed by atoms with Crippen LogP contribution in [0, 0.1) is 0 Å². The second-order valence-corrected chi connectivity index (χ2v) is 5.97. The zero-order valence-electron chi connectivity index (χ0n) is 10.5. The third-order valence-corrected chi connectivity index (χ3v) is 4.17. The van der Waals surface area contributed by atoms with E-state index in [-0.39, 0.29) is 0 Å². The molecule has 0 radical (unpaired) electrons. The van der Waals surface area contributed by atoms with E-state index in [1.165, 1.54) is 0 Å². The van der Waals surface area contributed by atoms with Crippen LogP contribution in [0.4, 0.5) is 0 Å². The number of primary sulfonamides is 1. The predicted octanol–water partition coefficient (Wildman–Crippen LogP) is 1.86. The van der Waals surface area contributed by atoms with E-state index in [0.29, 0.717) is 19.3 Å². The van der Waals surface area contributed by atoms with Gasteiger partial charge in [0.05, 0.1) is 12.4 Å². The lowest BCUT2D eigenvalue weighted by molar-refractivity contribution is 0.414. The molecule has 0 bridgehead atoms. The smallest absolute Gasteiger partial charge is 0.212 e. The van der Waals surface area contributed by atoms with Crippen LogP contribution < -0.4 is 9.88 Å². The number of hydrogen-bond acceptors (Lipinski definition) is 3. The van der Waals surface area contributed by atoms with E-state index in [9.17, 15) is 8.42 Å². The molecule has 1 rings (SSSR count). The Labute approximate surface area is 109 Å². The first kappa shape index (κ1) is 14.7. The SMILES string of the molecule is C=CCC(CCc1ccc(OC)cc1)S(N)(=O)=O. The number of allylic oxidation sites excluding steroid dienone is 1. The Morgan fingerprint density at radius 3 is 2.44 bits per heavy atom. The van der Waals surface area contributed by atoms with Crippen molar-refractivity contribution in [3.63, 3.8) is 0 Å². The molecule has 0 amide bonds. The molecule has 18 heavy (non-hydrogen) atoms. The molecular weight excluding hydrogens is 250 g/mol. The van der Waals surface area contributed by atoms with Gasteiger partial charge in [-0.2, -0.15) is 0 Å². The van der Waals surface area contributed by atoms with E-state index < -0.39 is 15.3 Å². The van der Waals surface area contributed by atoms with Crippen molar-refractivity contribution in [1.29, 1.82) is 0 Å². The number of aryl methyl sites for hydroxylation is 1. The maximum Gasteiger partial charge on any atom is 0.212 e. The summed E-state index contributed by atoms with van der Waals surface area (Å²) in [5.74, 6) is 0.785. The number of rotatable bonds is 7. The lowest BCUT2D eigenvalue weighted by Crippen LogP contribution is -2.28. The fourth-order valence-electron chi connectivity index (χ4n) is 1.72. The summed E-state index contributed by atoms with van der Waals surface area (Å²) >= 11 is 0. The Hall–Kier alpha value is -1.33. The zero-order chi connectivity index (χ0) is 13.6. The van der Waals surface area contributed by atoms with Gasteiger partial charge in [-0.3, -0.25) is 0 Å². The van der Waals surface area contributed by atoms with Gasteiger partial charge < -0.3 is 4.74 Å². The van der Waals surface area contributed by atoms with Gasteiger partial charge in [-0.05, 0) is 37.0 Å². The summed E-state index contributed by atoms with van der Waals surface area (Å²) in [6, 6.07) is 7.56. The van der Waals surface area contributed by atoms with E-state index in [0.717, 1.165) is 11.3 Å². The fraction of sp³-hybridized carbons (Fsp3) is 0.385. The normalized spacial score (nSPS) is 13.0. The highest BCUT2D eigenvalue weighted by Gasteiger charge is 2.19. The molecule has 100 valence electrons. The van der Waals surface area contributed by atoms with Gasteiger partial charge in [0.1, 0.15) is 5.75 Å². The summed E-state index contributed by atoms with van der Waals surface area (Å²) in [5.41, 5.74) is 1.06. The third kappa shape index (κ3) is 4.50. The molecule has 0 saturated heterocycles.